The highest BCUT2D eigenvalue weighted by Crippen LogP contribution is 2.50. The molecule has 0 atom stereocenters. The Morgan fingerprint density at radius 1 is 0.412 bits per heavy atom. The highest BCUT2D eigenvalue weighted by atomic mass is 14.7. The van der Waals surface area contributed by atoms with Crippen LogP contribution in [0.3, 0.4) is 0 Å². The molecular formula is C47H32N4. The molecule has 5 aromatic carbocycles. The standard InChI is InChI=1S/C47H32N4/c1-47(2)41-12-4-3-9-38(41)39-18-16-30(26-42(39)47)33-23-34(37-10-5-13-44-40(37)11-7-20-48-44)25-35(24-33)43-19-17-32(27-50-43)36-22-31-15-14-29-8-6-21-49-45(29)46(31)51-28-36/h3-28H,1-2H3. The fraction of sp³-hybridized carbons (Fsp3) is 0.0638. The Morgan fingerprint density at radius 2 is 1.16 bits per heavy atom. The number of nitrogens with zero attached hydrogens (tertiary/aromatic N) is 4. The van der Waals surface area contributed by atoms with Crippen LogP contribution < -0.4 is 0 Å². The van der Waals surface area contributed by atoms with Crippen molar-refractivity contribution < 1.29 is 0 Å². The lowest BCUT2D eigenvalue weighted by atomic mass is 9.81. The largest absolute Gasteiger partial charge is 0.256 e. The average molecular weight is 653 g/mol. The van der Waals surface area contributed by atoms with Crippen LogP contribution in [0.25, 0.3) is 88.5 Å². The third kappa shape index (κ3) is 4.75. The molecule has 0 N–H and O–H groups in total. The molecule has 10 rings (SSSR count). The van der Waals surface area contributed by atoms with E-state index in [1.165, 1.54) is 27.8 Å². The van der Waals surface area contributed by atoms with Gasteiger partial charge in [-0.3, -0.25) is 19.9 Å². The van der Waals surface area contributed by atoms with Crippen molar-refractivity contribution in [1.29, 1.82) is 0 Å². The van der Waals surface area contributed by atoms with E-state index in [1.807, 2.05) is 36.9 Å². The first-order chi connectivity index (χ1) is 25.0. The number of hydrogen-bond donors (Lipinski definition) is 0. The molecule has 0 amide bonds. The van der Waals surface area contributed by atoms with Gasteiger partial charge in [0.2, 0.25) is 0 Å². The van der Waals surface area contributed by atoms with Gasteiger partial charge in [0, 0.05) is 63.1 Å². The molecule has 9 aromatic rings. The second kappa shape index (κ2) is 11.3. The van der Waals surface area contributed by atoms with Gasteiger partial charge in [0.15, 0.2) is 0 Å². The molecule has 0 saturated carbocycles. The molecule has 240 valence electrons. The minimum absolute atomic E-state index is 0.0811. The molecule has 4 heteroatoms. The van der Waals surface area contributed by atoms with Crippen molar-refractivity contribution in [3.05, 3.63) is 169 Å². The van der Waals surface area contributed by atoms with E-state index in [1.54, 1.807) is 0 Å². The fourth-order valence-electron chi connectivity index (χ4n) is 7.97. The van der Waals surface area contributed by atoms with E-state index in [4.69, 9.17) is 9.97 Å². The molecule has 0 fully saturated rings. The van der Waals surface area contributed by atoms with E-state index in [0.29, 0.717) is 0 Å². The van der Waals surface area contributed by atoms with Gasteiger partial charge < -0.3 is 0 Å². The van der Waals surface area contributed by atoms with Gasteiger partial charge in [0.05, 0.1) is 22.2 Å². The normalized spacial score (nSPS) is 13.1. The van der Waals surface area contributed by atoms with Crippen LogP contribution in [0.2, 0.25) is 0 Å². The van der Waals surface area contributed by atoms with E-state index in [0.717, 1.165) is 71.8 Å². The number of rotatable bonds is 4. The molecular weight excluding hydrogens is 621 g/mol. The van der Waals surface area contributed by atoms with Crippen molar-refractivity contribution in [3.8, 4) is 55.8 Å². The number of benzene rings is 5. The summed E-state index contributed by atoms with van der Waals surface area (Å²) in [6.07, 6.45) is 7.56. The number of aromatic nitrogens is 4. The highest BCUT2D eigenvalue weighted by molar-refractivity contribution is 6.03. The van der Waals surface area contributed by atoms with Crippen molar-refractivity contribution in [1.82, 2.24) is 19.9 Å². The fourth-order valence-corrected chi connectivity index (χ4v) is 7.97. The second-order valence-corrected chi connectivity index (χ2v) is 14.0. The third-order valence-electron chi connectivity index (χ3n) is 10.6. The maximum absolute atomic E-state index is 5.04. The van der Waals surface area contributed by atoms with Crippen LogP contribution in [-0.2, 0) is 5.41 Å². The lowest BCUT2D eigenvalue weighted by Gasteiger charge is -2.22. The first kappa shape index (κ1) is 29.4. The van der Waals surface area contributed by atoms with E-state index >= 15 is 0 Å². The van der Waals surface area contributed by atoms with Crippen molar-refractivity contribution >= 4 is 32.7 Å². The van der Waals surface area contributed by atoms with Gasteiger partial charge in [-0.25, -0.2) is 0 Å². The predicted octanol–water partition coefficient (Wildman–Crippen LogP) is 11.7. The maximum atomic E-state index is 5.04. The van der Waals surface area contributed by atoms with Gasteiger partial charge in [0.25, 0.3) is 0 Å². The van der Waals surface area contributed by atoms with Gasteiger partial charge in [-0.2, -0.15) is 0 Å². The van der Waals surface area contributed by atoms with Crippen LogP contribution in [-0.4, -0.2) is 19.9 Å². The molecule has 4 heterocycles. The molecule has 1 aliphatic carbocycles. The average Bonchev–Trinajstić information content (AvgIpc) is 3.42. The summed E-state index contributed by atoms with van der Waals surface area (Å²) in [7, 11) is 0. The molecule has 4 nitrogen and oxygen atoms in total. The Balaban J connectivity index is 1.09. The lowest BCUT2D eigenvalue weighted by Crippen LogP contribution is -2.14. The van der Waals surface area contributed by atoms with Crippen LogP contribution >= 0.6 is 0 Å². The summed E-state index contributed by atoms with van der Waals surface area (Å²) in [6, 6.07) is 47.8. The molecule has 0 spiro atoms. The number of hydrogen-bond acceptors (Lipinski definition) is 4. The Bertz CT molecular complexity index is 2830. The lowest BCUT2D eigenvalue weighted by molar-refractivity contribution is 0.660. The highest BCUT2D eigenvalue weighted by Gasteiger charge is 2.35. The van der Waals surface area contributed by atoms with E-state index in [9.17, 15) is 0 Å². The first-order valence-electron chi connectivity index (χ1n) is 17.4. The summed E-state index contributed by atoms with van der Waals surface area (Å²) in [5.41, 5.74) is 16.8. The predicted molar refractivity (Wildman–Crippen MR) is 209 cm³/mol. The molecule has 0 saturated heterocycles. The molecule has 0 unspecified atom stereocenters. The Hall–Kier alpha value is -6.52. The van der Waals surface area contributed by atoms with Crippen LogP contribution in [0.15, 0.2) is 158 Å². The van der Waals surface area contributed by atoms with Gasteiger partial charge in [-0.1, -0.05) is 92.7 Å². The summed E-state index contributed by atoms with van der Waals surface area (Å²) in [4.78, 5) is 19.1. The van der Waals surface area contributed by atoms with Crippen molar-refractivity contribution in [2.45, 2.75) is 19.3 Å². The zero-order valence-corrected chi connectivity index (χ0v) is 28.3. The van der Waals surface area contributed by atoms with Gasteiger partial charge in [-0.15, -0.1) is 0 Å². The van der Waals surface area contributed by atoms with Crippen LogP contribution in [0.4, 0.5) is 0 Å². The van der Waals surface area contributed by atoms with Gasteiger partial charge >= 0.3 is 0 Å². The first-order valence-corrected chi connectivity index (χ1v) is 17.4. The molecule has 1 aliphatic rings. The van der Waals surface area contributed by atoms with Crippen LogP contribution in [0.1, 0.15) is 25.0 Å². The minimum Gasteiger partial charge on any atom is -0.256 e. The van der Waals surface area contributed by atoms with Crippen LogP contribution in [0.5, 0.6) is 0 Å². The Kier molecular flexibility index (Phi) is 6.49. The molecule has 0 radical (unpaired) electrons. The summed E-state index contributed by atoms with van der Waals surface area (Å²) in [6.45, 7) is 4.67. The Labute approximate surface area is 296 Å². The number of pyridine rings is 4. The quantitative estimate of drug-likeness (QED) is 0.178. The summed E-state index contributed by atoms with van der Waals surface area (Å²) in [5, 5.41) is 3.28. The SMILES string of the molecule is CC1(C)c2ccccc2-c2ccc(-c3cc(-c4ccc(-c5cnc6c(ccc7cccnc76)c5)cn4)cc(-c4cccc5ncccc45)c3)cc21. The van der Waals surface area contributed by atoms with Crippen molar-refractivity contribution in [2.75, 3.05) is 0 Å². The van der Waals surface area contributed by atoms with E-state index < -0.39 is 0 Å². The van der Waals surface area contributed by atoms with Crippen LogP contribution in [0, 0.1) is 0 Å². The smallest absolute Gasteiger partial charge is 0.0964 e. The van der Waals surface area contributed by atoms with Gasteiger partial charge in [-0.05, 0) is 99.1 Å². The second-order valence-electron chi connectivity index (χ2n) is 14.0. The summed E-state index contributed by atoms with van der Waals surface area (Å²) in [5.74, 6) is 0. The summed E-state index contributed by atoms with van der Waals surface area (Å²) >= 11 is 0. The third-order valence-corrected chi connectivity index (χ3v) is 10.6. The van der Waals surface area contributed by atoms with Crippen molar-refractivity contribution in [3.63, 3.8) is 0 Å². The van der Waals surface area contributed by atoms with E-state index in [-0.39, 0.29) is 5.41 Å². The topological polar surface area (TPSA) is 51.6 Å². The molecule has 0 aliphatic heterocycles. The van der Waals surface area contributed by atoms with Crippen molar-refractivity contribution in [2.24, 2.45) is 0 Å². The minimum atomic E-state index is -0.0811. The zero-order chi connectivity index (χ0) is 34.1. The zero-order valence-electron chi connectivity index (χ0n) is 28.3. The molecule has 51 heavy (non-hydrogen) atoms. The maximum Gasteiger partial charge on any atom is 0.0964 e. The summed E-state index contributed by atoms with van der Waals surface area (Å²) < 4.78 is 0. The van der Waals surface area contributed by atoms with E-state index in [2.05, 4.69) is 145 Å². The molecule has 0 bridgehead atoms. The number of fused-ring (bicyclic) bond motifs is 7. The monoisotopic (exact) mass is 652 g/mol. The van der Waals surface area contributed by atoms with Gasteiger partial charge in [0.1, 0.15) is 0 Å². The Morgan fingerprint density at radius 3 is 2.08 bits per heavy atom. The molecule has 4 aromatic heterocycles.